The van der Waals surface area contributed by atoms with E-state index in [0.717, 1.165) is 0 Å². The first-order valence-electron chi connectivity index (χ1n) is 14.0. The summed E-state index contributed by atoms with van der Waals surface area (Å²) in [4.78, 5) is 28.9. The third-order valence-corrected chi connectivity index (χ3v) is 7.51. The highest BCUT2D eigenvalue weighted by Gasteiger charge is 2.28. The number of aliphatic hydroxyl groups is 1. The summed E-state index contributed by atoms with van der Waals surface area (Å²) in [6.45, 7) is 9.71. The fraction of sp³-hybridized carbons (Fsp3) is 0.333. The predicted molar refractivity (Wildman–Crippen MR) is 159 cm³/mol. The Hall–Kier alpha value is -4.21. The third-order valence-electron chi connectivity index (χ3n) is 7.51. The number of aliphatic hydroxyl groups excluding tert-OH is 1. The van der Waals surface area contributed by atoms with Crippen LogP contribution in [-0.2, 0) is 4.79 Å². The monoisotopic (exact) mass is 575 g/mol. The van der Waals surface area contributed by atoms with E-state index < -0.39 is 12.2 Å². The molecule has 42 heavy (non-hydrogen) atoms. The molecule has 0 bridgehead atoms. The van der Waals surface area contributed by atoms with Gasteiger partial charge in [-0.3, -0.25) is 14.5 Å². The summed E-state index contributed by atoms with van der Waals surface area (Å²) in [5.74, 6) is 0.496. The Morgan fingerprint density at radius 2 is 1.74 bits per heavy atom. The summed E-state index contributed by atoms with van der Waals surface area (Å²) in [6.07, 6.45) is -0.00830. The van der Waals surface area contributed by atoms with Gasteiger partial charge >= 0.3 is 0 Å². The second-order valence-electron chi connectivity index (χ2n) is 10.5. The zero-order valence-electron chi connectivity index (χ0n) is 24.3. The summed E-state index contributed by atoms with van der Waals surface area (Å²) >= 11 is 0. The second kappa shape index (κ2) is 14.1. The summed E-state index contributed by atoms with van der Waals surface area (Å²) < 4.78 is 26.0. The molecule has 3 atom stereocenters. The zero-order chi connectivity index (χ0) is 30.2. The number of halogens is 1. The molecule has 3 aromatic rings. The summed E-state index contributed by atoms with van der Waals surface area (Å²) in [5.41, 5.74) is 2.33. The molecule has 3 aromatic carbocycles. The number of hydrogen-bond donors (Lipinski definition) is 2. The molecule has 2 N–H and O–H groups in total. The number of hydrogen-bond acceptors (Lipinski definition) is 6. The maximum absolute atomic E-state index is 14.5. The highest BCUT2D eigenvalue weighted by Crippen LogP contribution is 2.26. The number of nitrogens with one attached hydrogen (secondary N) is 1. The Morgan fingerprint density at radius 3 is 2.36 bits per heavy atom. The minimum absolute atomic E-state index is 0.000637. The SMILES string of the molecule is C=CC(=O)N1CCN(CC(Oc2ccc(C(=O)NCC(O)c3ccc(OC)cc3)cc2)c2ccc(C)c(F)c2)C[C@H]1C. The number of carbonyl (C=O) groups excluding carboxylic acids is 2. The van der Waals surface area contributed by atoms with Crippen LogP contribution in [0.15, 0.2) is 79.4 Å². The predicted octanol–water partition coefficient (Wildman–Crippen LogP) is 4.44. The van der Waals surface area contributed by atoms with Gasteiger partial charge in [0.2, 0.25) is 5.91 Å². The van der Waals surface area contributed by atoms with Crippen LogP contribution in [0.3, 0.4) is 0 Å². The molecule has 8 nitrogen and oxygen atoms in total. The van der Waals surface area contributed by atoms with Crippen LogP contribution in [0.2, 0.25) is 0 Å². The van der Waals surface area contributed by atoms with E-state index in [1.165, 1.54) is 12.1 Å². The van der Waals surface area contributed by atoms with Gasteiger partial charge in [0.25, 0.3) is 5.91 Å². The largest absolute Gasteiger partial charge is 0.497 e. The van der Waals surface area contributed by atoms with Crippen LogP contribution in [-0.4, -0.2) is 72.6 Å². The zero-order valence-corrected chi connectivity index (χ0v) is 24.3. The molecule has 222 valence electrons. The Bertz CT molecular complexity index is 1380. The fourth-order valence-electron chi connectivity index (χ4n) is 4.98. The van der Waals surface area contributed by atoms with Gasteiger partial charge in [0.15, 0.2) is 0 Å². The lowest BCUT2D eigenvalue weighted by Crippen LogP contribution is -2.54. The first-order chi connectivity index (χ1) is 20.2. The van der Waals surface area contributed by atoms with Crippen molar-refractivity contribution in [1.29, 1.82) is 0 Å². The second-order valence-corrected chi connectivity index (χ2v) is 10.5. The average Bonchev–Trinajstić information content (AvgIpc) is 3.00. The van der Waals surface area contributed by atoms with Crippen LogP contribution in [0.1, 0.15) is 46.2 Å². The van der Waals surface area contributed by atoms with Gasteiger partial charge in [0.05, 0.1) is 13.2 Å². The topological polar surface area (TPSA) is 91.3 Å². The number of piperazine rings is 1. The molecule has 0 aromatic heterocycles. The van der Waals surface area contributed by atoms with Crippen molar-refractivity contribution in [3.8, 4) is 11.5 Å². The maximum atomic E-state index is 14.5. The number of benzene rings is 3. The fourth-order valence-corrected chi connectivity index (χ4v) is 4.98. The molecule has 0 saturated carbocycles. The van der Waals surface area contributed by atoms with Gasteiger partial charge in [-0.15, -0.1) is 0 Å². The van der Waals surface area contributed by atoms with Crippen LogP contribution in [0, 0.1) is 12.7 Å². The Kier molecular flexibility index (Phi) is 10.3. The number of amides is 2. The van der Waals surface area contributed by atoms with Gasteiger partial charge in [-0.25, -0.2) is 4.39 Å². The summed E-state index contributed by atoms with van der Waals surface area (Å²) in [6, 6.07) is 18.8. The average molecular weight is 576 g/mol. The molecule has 1 saturated heterocycles. The molecule has 0 spiro atoms. The molecular formula is C33H38FN3O5. The summed E-state index contributed by atoms with van der Waals surface area (Å²) in [7, 11) is 1.57. The van der Waals surface area contributed by atoms with Crippen molar-refractivity contribution in [2.45, 2.75) is 32.1 Å². The number of methoxy groups -OCH3 is 1. The number of ether oxygens (including phenoxy) is 2. The van der Waals surface area contributed by atoms with E-state index in [1.807, 2.05) is 13.0 Å². The number of aryl methyl sites for hydroxylation is 1. The van der Waals surface area contributed by atoms with Crippen LogP contribution < -0.4 is 14.8 Å². The standard InChI is InChI=1S/C33H38FN3O5/c1-5-32(39)37-17-16-36(20-23(37)3)21-31(26-7-6-22(2)29(34)18-26)42-28-14-10-25(11-15-28)33(40)35-19-30(38)24-8-12-27(41-4)13-9-24/h5-15,18,23,30-31,38H,1,16-17,19-21H2,2-4H3,(H,35,40)/t23-,30?,31?/m1/s1. The Morgan fingerprint density at radius 1 is 1.07 bits per heavy atom. The maximum Gasteiger partial charge on any atom is 0.251 e. The van der Waals surface area contributed by atoms with E-state index in [-0.39, 0.29) is 30.2 Å². The van der Waals surface area contributed by atoms with Crippen LogP contribution in [0.25, 0.3) is 0 Å². The van der Waals surface area contributed by atoms with E-state index in [0.29, 0.717) is 59.9 Å². The first kappa shape index (κ1) is 30.7. The van der Waals surface area contributed by atoms with Crippen molar-refractivity contribution in [2.75, 3.05) is 39.8 Å². The molecular weight excluding hydrogens is 537 g/mol. The van der Waals surface area contributed by atoms with Crippen molar-refractivity contribution in [3.63, 3.8) is 0 Å². The number of rotatable bonds is 11. The minimum atomic E-state index is -0.863. The van der Waals surface area contributed by atoms with Crippen molar-refractivity contribution in [3.05, 3.63) is 107 Å². The molecule has 2 unspecified atom stereocenters. The molecule has 9 heteroatoms. The minimum Gasteiger partial charge on any atom is -0.497 e. The molecule has 1 aliphatic rings. The van der Waals surface area contributed by atoms with Gasteiger partial charge in [0, 0.05) is 44.3 Å². The smallest absolute Gasteiger partial charge is 0.251 e. The first-order valence-corrected chi connectivity index (χ1v) is 14.0. The van der Waals surface area contributed by atoms with Crippen molar-refractivity contribution in [2.24, 2.45) is 0 Å². The lowest BCUT2D eigenvalue weighted by molar-refractivity contribution is -0.130. The molecule has 0 radical (unpaired) electrons. The van der Waals surface area contributed by atoms with Crippen molar-refractivity contribution >= 4 is 11.8 Å². The normalized spacial score (nSPS) is 16.8. The van der Waals surface area contributed by atoms with Gasteiger partial charge in [-0.2, -0.15) is 0 Å². The molecule has 4 rings (SSSR count). The van der Waals surface area contributed by atoms with Gasteiger partial charge in [-0.05, 0) is 79.1 Å². The molecule has 0 aliphatic carbocycles. The van der Waals surface area contributed by atoms with E-state index >= 15 is 0 Å². The number of carbonyl (C=O) groups is 2. The molecule has 1 aliphatic heterocycles. The van der Waals surface area contributed by atoms with Gasteiger partial charge in [0.1, 0.15) is 23.4 Å². The molecule has 2 amide bonds. The quantitative estimate of drug-likeness (QED) is 0.329. The lowest BCUT2D eigenvalue weighted by Gasteiger charge is -2.40. The Labute approximate surface area is 246 Å². The third kappa shape index (κ3) is 7.74. The van der Waals surface area contributed by atoms with Crippen molar-refractivity contribution < 1.29 is 28.6 Å². The Balaban J connectivity index is 1.41. The van der Waals surface area contributed by atoms with Gasteiger partial charge in [-0.1, -0.05) is 30.8 Å². The summed E-state index contributed by atoms with van der Waals surface area (Å²) in [5, 5.41) is 13.2. The van der Waals surface area contributed by atoms with Crippen LogP contribution >= 0.6 is 0 Å². The molecule has 1 heterocycles. The molecule has 1 fully saturated rings. The van der Waals surface area contributed by atoms with E-state index in [1.54, 1.807) is 73.5 Å². The van der Waals surface area contributed by atoms with Crippen molar-refractivity contribution in [1.82, 2.24) is 15.1 Å². The highest BCUT2D eigenvalue weighted by atomic mass is 19.1. The van der Waals surface area contributed by atoms with E-state index in [4.69, 9.17) is 9.47 Å². The van der Waals surface area contributed by atoms with Crippen LogP contribution in [0.5, 0.6) is 11.5 Å². The van der Waals surface area contributed by atoms with Gasteiger partial charge < -0.3 is 24.8 Å². The van der Waals surface area contributed by atoms with E-state index in [9.17, 15) is 19.1 Å². The highest BCUT2D eigenvalue weighted by molar-refractivity contribution is 5.94. The lowest BCUT2D eigenvalue weighted by atomic mass is 10.0. The van der Waals surface area contributed by atoms with Crippen LogP contribution in [0.4, 0.5) is 4.39 Å². The van der Waals surface area contributed by atoms with E-state index in [2.05, 4.69) is 16.8 Å². The number of nitrogens with zero attached hydrogens (tertiary/aromatic N) is 2.